The topological polar surface area (TPSA) is 44.9 Å². The second-order valence-electron chi connectivity index (χ2n) is 3.36. The van der Waals surface area contributed by atoms with Crippen LogP contribution in [-0.2, 0) is 13.6 Å². The van der Waals surface area contributed by atoms with Crippen LogP contribution in [0, 0.1) is 18.3 Å². The van der Waals surface area contributed by atoms with E-state index in [0.717, 1.165) is 24.5 Å². The Morgan fingerprint density at radius 3 is 2.79 bits per heavy atom. The summed E-state index contributed by atoms with van der Waals surface area (Å²) in [6.07, 6.45) is 0. The van der Waals surface area contributed by atoms with Gasteiger partial charge in [0.05, 0.1) is 24.0 Å². The van der Waals surface area contributed by atoms with E-state index >= 15 is 0 Å². The first kappa shape index (κ1) is 10.7. The number of aromatic nitrogens is 2. The first-order valence-corrected chi connectivity index (χ1v) is 4.76. The molecule has 0 atom stereocenters. The van der Waals surface area contributed by atoms with Crippen molar-refractivity contribution >= 4 is 0 Å². The summed E-state index contributed by atoms with van der Waals surface area (Å²) in [5, 5.41) is 12.9. The Bertz CT molecular complexity index is 334. The lowest BCUT2D eigenvalue weighted by Gasteiger charge is -2.15. The second-order valence-corrected chi connectivity index (χ2v) is 3.36. The van der Waals surface area contributed by atoms with E-state index in [-0.39, 0.29) is 0 Å². The second kappa shape index (κ2) is 4.77. The zero-order valence-corrected chi connectivity index (χ0v) is 8.99. The molecule has 0 saturated carbocycles. The minimum absolute atomic E-state index is 0.473. The lowest BCUT2D eigenvalue weighted by atomic mass is 10.3. The van der Waals surface area contributed by atoms with Crippen molar-refractivity contribution in [1.29, 1.82) is 5.26 Å². The van der Waals surface area contributed by atoms with E-state index in [2.05, 4.69) is 29.1 Å². The fourth-order valence-corrected chi connectivity index (χ4v) is 1.42. The Morgan fingerprint density at radius 2 is 2.36 bits per heavy atom. The SMILES string of the molecule is CCN(CC#N)Cc1cc(C)nn1C. The molecule has 0 saturated heterocycles. The van der Waals surface area contributed by atoms with Gasteiger partial charge in [-0.25, -0.2) is 0 Å². The molecule has 1 aromatic heterocycles. The number of nitrogens with zero attached hydrogens (tertiary/aromatic N) is 4. The molecule has 4 nitrogen and oxygen atoms in total. The average Bonchev–Trinajstić information content (AvgIpc) is 2.44. The quantitative estimate of drug-likeness (QED) is 0.670. The van der Waals surface area contributed by atoms with Gasteiger partial charge in [-0.05, 0) is 19.5 Å². The molecule has 4 heteroatoms. The summed E-state index contributed by atoms with van der Waals surface area (Å²) >= 11 is 0. The van der Waals surface area contributed by atoms with Gasteiger partial charge in [0.2, 0.25) is 0 Å². The maximum atomic E-state index is 8.61. The molecule has 0 radical (unpaired) electrons. The van der Waals surface area contributed by atoms with Crippen molar-refractivity contribution in [1.82, 2.24) is 14.7 Å². The third-order valence-electron chi connectivity index (χ3n) is 2.23. The normalized spacial score (nSPS) is 10.5. The maximum Gasteiger partial charge on any atom is 0.0869 e. The summed E-state index contributed by atoms with van der Waals surface area (Å²) in [6, 6.07) is 4.22. The number of nitriles is 1. The Morgan fingerprint density at radius 1 is 1.64 bits per heavy atom. The molecule has 0 aliphatic rings. The van der Waals surface area contributed by atoms with Crippen LogP contribution in [0.4, 0.5) is 0 Å². The van der Waals surface area contributed by atoms with Gasteiger partial charge in [0.1, 0.15) is 0 Å². The minimum atomic E-state index is 0.473. The average molecular weight is 192 g/mol. The minimum Gasteiger partial charge on any atom is -0.285 e. The summed E-state index contributed by atoms with van der Waals surface area (Å²) in [7, 11) is 1.93. The standard InChI is InChI=1S/C10H16N4/c1-4-14(6-5-11)8-10-7-9(2)12-13(10)3/h7H,4,6,8H2,1-3H3. The molecule has 1 rings (SSSR count). The van der Waals surface area contributed by atoms with Crippen LogP contribution < -0.4 is 0 Å². The zero-order chi connectivity index (χ0) is 10.6. The highest BCUT2D eigenvalue weighted by Gasteiger charge is 2.07. The van der Waals surface area contributed by atoms with E-state index in [9.17, 15) is 0 Å². The molecule has 0 aliphatic heterocycles. The maximum absolute atomic E-state index is 8.61. The van der Waals surface area contributed by atoms with Crippen LogP contribution in [0.5, 0.6) is 0 Å². The summed E-state index contributed by atoms with van der Waals surface area (Å²) in [6.45, 7) is 6.19. The monoisotopic (exact) mass is 192 g/mol. The fraction of sp³-hybridized carbons (Fsp3) is 0.600. The Kier molecular flexibility index (Phi) is 3.66. The summed E-state index contributed by atoms with van der Waals surface area (Å²) in [5.41, 5.74) is 2.18. The van der Waals surface area contributed by atoms with Crippen LogP contribution in [0.3, 0.4) is 0 Å². The van der Waals surface area contributed by atoms with E-state index < -0.39 is 0 Å². The van der Waals surface area contributed by atoms with Crippen LogP contribution >= 0.6 is 0 Å². The van der Waals surface area contributed by atoms with Crippen LogP contribution in [-0.4, -0.2) is 27.8 Å². The first-order chi connectivity index (χ1) is 6.67. The molecule has 1 heterocycles. The number of rotatable bonds is 4. The van der Waals surface area contributed by atoms with Crippen molar-refractivity contribution in [3.05, 3.63) is 17.5 Å². The fourth-order valence-electron chi connectivity index (χ4n) is 1.42. The van der Waals surface area contributed by atoms with Gasteiger partial charge in [-0.15, -0.1) is 0 Å². The van der Waals surface area contributed by atoms with E-state index in [0.29, 0.717) is 6.54 Å². The molecule has 0 amide bonds. The molecule has 0 bridgehead atoms. The van der Waals surface area contributed by atoms with Crippen molar-refractivity contribution < 1.29 is 0 Å². The van der Waals surface area contributed by atoms with E-state index in [1.54, 1.807) is 0 Å². The number of aryl methyl sites for hydroxylation is 2. The van der Waals surface area contributed by atoms with Gasteiger partial charge in [0, 0.05) is 13.6 Å². The van der Waals surface area contributed by atoms with E-state index in [1.165, 1.54) is 0 Å². The predicted molar refractivity (Wildman–Crippen MR) is 54.5 cm³/mol. The Hall–Kier alpha value is -1.34. The van der Waals surface area contributed by atoms with Crippen molar-refractivity contribution in [2.24, 2.45) is 7.05 Å². The van der Waals surface area contributed by atoms with Crippen LogP contribution in [0.2, 0.25) is 0 Å². The van der Waals surface area contributed by atoms with Crippen LogP contribution in [0.1, 0.15) is 18.3 Å². The Balaban J connectivity index is 2.67. The lowest BCUT2D eigenvalue weighted by molar-refractivity contribution is 0.305. The molecule has 0 aromatic carbocycles. The molecule has 1 aromatic rings. The molecule has 0 fully saturated rings. The molecular weight excluding hydrogens is 176 g/mol. The third kappa shape index (κ3) is 2.57. The molecular formula is C10H16N4. The first-order valence-electron chi connectivity index (χ1n) is 4.76. The van der Waals surface area contributed by atoms with Gasteiger partial charge < -0.3 is 0 Å². The molecule has 0 aliphatic carbocycles. The zero-order valence-electron chi connectivity index (χ0n) is 8.99. The van der Waals surface area contributed by atoms with Gasteiger partial charge in [0.25, 0.3) is 0 Å². The van der Waals surface area contributed by atoms with Crippen molar-refractivity contribution in [2.75, 3.05) is 13.1 Å². The summed E-state index contributed by atoms with van der Waals surface area (Å²) < 4.78 is 1.87. The van der Waals surface area contributed by atoms with E-state index in [4.69, 9.17) is 5.26 Å². The van der Waals surface area contributed by atoms with Gasteiger partial charge in [-0.3, -0.25) is 9.58 Å². The number of hydrogen-bond donors (Lipinski definition) is 0. The van der Waals surface area contributed by atoms with Crippen LogP contribution in [0.25, 0.3) is 0 Å². The summed E-state index contributed by atoms with van der Waals surface area (Å²) in [4.78, 5) is 2.08. The number of hydrogen-bond acceptors (Lipinski definition) is 3. The highest BCUT2D eigenvalue weighted by Crippen LogP contribution is 2.05. The lowest BCUT2D eigenvalue weighted by Crippen LogP contribution is -2.24. The largest absolute Gasteiger partial charge is 0.285 e. The highest BCUT2D eigenvalue weighted by atomic mass is 15.3. The van der Waals surface area contributed by atoms with Gasteiger partial charge >= 0.3 is 0 Å². The highest BCUT2D eigenvalue weighted by molar-refractivity contribution is 5.08. The van der Waals surface area contributed by atoms with Crippen molar-refractivity contribution in [3.63, 3.8) is 0 Å². The van der Waals surface area contributed by atoms with Crippen molar-refractivity contribution in [3.8, 4) is 6.07 Å². The smallest absolute Gasteiger partial charge is 0.0869 e. The molecule has 14 heavy (non-hydrogen) atoms. The molecule has 0 unspecified atom stereocenters. The van der Waals surface area contributed by atoms with Gasteiger partial charge in [0.15, 0.2) is 0 Å². The predicted octanol–water partition coefficient (Wildman–Crippen LogP) is 1.07. The molecule has 0 spiro atoms. The van der Waals surface area contributed by atoms with Gasteiger partial charge in [-0.1, -0.05) is 6.92 Å². The third-order valence-corrected chi connectivity index (χ3v) is 2.23. The summed E-state index contributed by atoms with van der Waals surface area (Å²) in [5.74, 6) is 0. The van der Waals surface area contributed by atoms with Crippen molar-refractivity contribution in [2.45, 2.75) is 20.4 Å². The molecule has 0 N–H and O–H groups in total. The van der Waals surface area contributed by atoms with Crippen LogP contribution in [0.15, 0.2) is 6.07 Å². The van der Waals surface area contributed by atoms with E-state index in [1.807, 2.05) is 18.7 Å². The molecule has 76 valence electrons. The van der Waals surface area contributed by atoms with Gasteiger partial charge in [-0.2, -0.15) is 10.4 Å². The Labute approximate surface area is 84.7 Å².